The van der Waals surface area contributed by atoms with Gasteiger partial charge in [-0.05, 0) is 5.56 Å². The molecule has 2 heteroatoms. The van der Waals surface area contributed by atoms with Gasteiger partial charge in [0, 0.05) is 6.54 Å². The fraction of sp³-hybridized carbons (Fsp3) is 0.300. The van der Waals surface area contributed by atoms with E-state index in [1.807, 2.05) is 6.07 Å². The molecule has 2 nitrogen and oxygen atoms in total. The Morgan fingerprint density at radius 2 is 2.08 bits per heavy atom. The number of ether oxygens (including phenoxy) is 1. The number of nitrogens with one attached hydrogen (secondary N) is 1. The number of benzene rings is 1. The third kappa shape index (κ3) is 1.65. The predicted octanol–water partition coefficient (Wildman–Crippen LogP) is 1.51. The molecule has 1 fully saturated rings. The van der Waals surface area contributed by atoms with Gasteiger partial charge < -0.3 is 10.1 Å². The Balaban J connectivity index is 2.08. The average Bonchev–Trinajstić information content (AvgIpc) is 2.21. The molecule has 1 radical (unpaired) electrons. The highest BCUT2D eigenvalue weighted by atomic mass is 16.5. The second kappa shape index (κ2) is 3.70. The van der Waals surface area contributed by atoms with E-state index in [1.54, 1.807) is 6.61 Å². The van der Waals surface area contributed by atoms with Gasteiger partial charge in [0.25, 0.3) is 0 Å². The van der Waals surface area contributed by atoms with Gasteiger partial charge in [-0.25, -0.2) is 0 Å². The van der Waals surface area contributed by atoms with Crippen LogP contribution in [0.25, 0.3) is 0 Å². The van der Waals surface area contributed by atoms with Crippen LogP contribution in [0.5, 0.6) is 0 Å². The molecule has 12 heavy (non-hydrogen) atoms. The van der Waals surface area contributed by atoms with Crippen molar-refractivity contribution in [1.29, 1.82) is 0 Å². The molecule has 1 saturated heterocycles. The lowest BCUT2D eigenvalue weighted by Gasteiger charge is -2.23. The predicted molar refractivity (Wildman–Crippen MR) is 47.4 cm³/mol. The minimum atomic E-state index is 0.358. The molecular formula is C10H12NO. The second-order valence-corrected chi connectivity index (χ2v) is 2.87. The van der Waals surface area contributed by atoms with E-state index in [-0.39, 0.29) is 0 Å². The van der Waals surface area contributed by atoms with Gasteiger partial charge in [-0.1, -0.05) is 30.3 Å². The van der Waals surface area contributed by atoms with Crippen LogP contribution in [0.2, 0.25) is 0 Å². The van der Waals surface area contributed by atoms with Gasteiger partial charge in [0.15, 0.2) is 0 Å². The number of hydrogen-bond acceptors (Lipinski definition) is 2. The molecule has 0 aliphatic carbocycles. The van der Waals surface area contributed by atoms with Gasteiger partial charge in [0.2, 0.25) is 0 Å². The molecular weight excluding hydrogens is 150 g/mol. The van der Waals surface area contributed by atoms with E-state index < -0.39 is 0 Å². The highest BCUT2D eigenvalue weighted by Gasteiger charge is 2.13. The van der Waals surface area contributed by atoms with Crippen LogP contribution >= 0.6 is 0 Å². The van der Waals surface area contributed by atoms with Gasteiger partial charge >= 0.3 is 0 Å². The molecule has 63 valence electrons. The molecule has 1 aliphatic heterocycles. The highest BCUT2D eigenvalue weighted by molar-refractivity contribution is 5.19. The third-order valence-corrected chi connectivity index (χ3v) is 2.03. The molecule has 1 aliphatic rings. The minimum absolute atomic E-state index is 0.358. The normalized spacial score (nSPS) is 23.8. The zero-order chi connectivity index (χ0) is 8.23. The van der Waals surface area contributed by atoms with E-state index in [0.717, 1.165) is 13.2 Å². The van der Waals surface area contributed by atoms with Gasteiger partial charge in [-0.3, -0.25) is 0 Å². The summed E-state index contributed by atoms with van der Waals surface area (Å²) in [7, 11) is 0. The molecule has 1 unspecified atom stereocenters. The summed E-state index contributed by atoms with van der Waals surface area (Å²) >= 11 is 0. The molecule has 0 amide bonds. The SMILES string of the molecule is [CH]1CNC(c2ccccc2)CO1. The first-order valence-corrected chi connectivity index (χ1v) is 4.18. The van der Waals surface area contributed by atoms with Crippen molar-refractivity contribution < 1.29 is 4.74 Å². The lowest BCUT2D eigenvalue weighted by atomic mass is 10.1. The molecule has 0 spiro atoms. The molecule has 1 heterocycles. The maximum absolute atomic E-state index is 5.25. The van der Waals surface area contributed by atoms with Crippen LogP contribution in [0.15, 0.2) is 30.3 Å². The molecule has 1 aromatic carbocycles. The summed E-state index contributed by atoms with van der Waals surface area (Å²) in [6.45, 7) is 3.38. The van der Waals surface area contributed by atoms with Crippen LogP contribution in [0.1, 0.15) is 11.6 Å². The molecule has 0 bridgehead atoms. The van der Waals surface area contributed by atoms with Crippen LogP contribution in [0.3, 0.4) is 0 Å². The Bertz CT molecular complexity index is 229. The van der Waals surface area contributed by atoms with Gasteiger partial charge in [-0.2, -0.15) is 0 Å². The van der Waals surface area contributed by atoms with E-state index >= 15 is 0 Å². The van der Waals surface area contributed by atoms with Gasteiger partial charge in [-0.15, -0.1) is 0 Å². The number of rotatable bonds is 1. The molecule has 1 aromatic rings. The summed E-state index contributed by atoms with van der Waals surface area (Å²) in [5, 5.41) is 3.35. The Morgan fingerprint density at radius 3 is 2.75 bits per heavy atom. The van der Waals surface area contributed by atoms with Crippen molar-refractivity contribution in [3.63, 3.8) is 0 Å². The lowest BCUT2D eigenvalue weighted by Crippen LogP contribution is -2.31. The Morgan fingerprint density at radius 1 is 1.25 bits per heavy atom. The van der Waals surface area contributed by atoms with Crippen LogP contribution in [-0.2, 0) is 4.74 Å². The summed E-state index contributed by atoms with van der Waals surface area (Å²) in [6, 6.07) is 10.7. The molecule has 1 atom stereocenters. The second-order valence-electron chi connectivity index (χ2n) is 2.87. The number of hydrogen-bond donors (Lipinski definition) is 1. The summed E-state index contributed by atoms with van der Waals surface area (Å²) in [4.78, 5) is 0. The molecule has 0 aromatic heterocycles. The monoisotopic (exact) mass is 162 g/mol. The fourth-order valence-corrected chi connectivity index (χ4v) is 1.37. The maximum Gasteiger partial charge on any atom is 0.0974 e. The first kappa shape index (κ1) is 7.77. The van der Waals surface area contributed by atoms with E-state index in [4.69, 9.17) is 4.74 Å². The van der Waals surface area contributed by atoms with Crippen LogP contribution in [0.4, 0.5) is 0 Å². The van der Waals surface area contributed by atoms with E-state index in [9.17, 15) is 0 Å². The average molecular weight is 162 g/mol. The molecule has 1 N–H and O–H groups in total. The van der Waals surface area contributed by atoms with Crippen molar-refractivity contribution in [2.75, 3.05) is 13.2 Å². The van der Waals surface area contributed by atoms with E-state index in [0.29, 0.717) is 6.04 Å². The zero-order valence-corrected chi connectivity index (χ0v) is 6.86. The van der Waals surface area contributed by atoms with Crippen molar-refractivity contribution >= 4 is 0 Å². The van der Waals surface area contributed by atoms with Gasteiger partial charge in [0.1, 0.15) is 0 Å². The van der Waals surface area contributed by atoms with Gasteiger partial charge in [0.05, 0.1) is 19.3 Å². The molecule has 0 saturated carbocycles. The van der Waals surface area contributed by atoms with Crippen molar-refractivity contribution in [3.8, 4) is 0 Å². The summed E-state index contributed by atoms with van der Waals surface area (Å²) < 4.78 is 5.25. The first-order chi connectivity index (χ1) is 5.97. The lowest BCUT2D eigenvalue weighted by molar-refractivity contribution is 0.130. The topological polar surface area (TPSA) is 21.3 Å². The van der Waals surface area contributed by atoms with Crippen LogP contribution < -0.4 is 5.32 Å². The third-order valence-electron chi connectivity index (χ3n) is 2.03. The standard InChI is InChI=1S/C10H12NO/c1-2-4-9(5-3-1)10-8-12-7-6-11-10/h1-5,7,10-11H,6,8H2. The Kier molecular flexibility index (Phi) is 2.39. The smallest absolute Gasteiger partial charge is 0.0974 e. The van der Waals surface area contributed by atoms with Crippen LogP contribution in [-0.4, -0.2) is 13.2 Å². The van der Waals surface area contributed by atoms with Crippen molar-refractivity contribution in [2.45, 2.75) is 6.04 Å². The quantitative estimate of drug-likeness (QED) is 0.675. The largest absolute Gasteiger partial charge is 0.372 e. The first-order valence-electron chi connectivity index (χ1n) is 4.18. The Labute approximate surface area is 72.5 Å². The van der Waals surface area contributed by atoms with Crippen molar-refractivity contribution in [1.82, 2.24) is 5.32 Å². The molecule has 2 rings (SSSR count). The number of morpholine rings is 1. The highest BCUT2D eigenvalue weighted by Crippen LogP contribution is 2.15. The fourth-order valence-electron chi connectivity index (χ4n) is 1.37. The van der Waals surface area contributed by atoms with E-state index in [2.05, 4.69) is 29.6 Å². The Hall–Kier alpha value is -0.860. The van der Waals surface area contributed by atoms with E-state index in [1.165, 1.54) is 5.56 Å². The van der Waals surface area contributed by atoms with Crippen molar-refractivity contribution in [3.05, 3.63) is 42.5 Å². The van der Waals surface area contributed by atoms with Crippen molar-refractivity contribution in [2.24, 2.45) is 0 Å². The summed E-state index contributed by atoms with van der Waals surface area (Å²) in [5.41, 5.74) is 1.30. The minimum Gasteiger partial charge on any atom is -0.372 e. The zero-order valence-electron chi connectivity index (χ0n) is 6.86. The van der Waals surface area contributed by atoms with Crippen LogP contribution in [0, 0.1) is 6.61 Å². The maximum atomic E-state index is 5.25. The summed E-state index contributed by atoms with van der Waals surface area (Å²) in [6.07, 6.45) is 0. The summed E-state index contributed by atoms with van der Waals surface area (Å²) in [5.74, 6) is 0.